The zero-order valence-corrected chi connectivity index (χ0v) is 11.5. The molecule has 4 nitrogen and oxygen atoms in total. The minimum absolute atomic E-state index is 0.0514. The van der Waals surface area contributed by atoms with E-state index in [2.05, 4.69) is 5.32 Å². The molecule has 0 saturated heterocycles. The highest BCUT2D eigenvalue weighted by Crippen LogP contribution is 2.24. The Morgan fingerprint density at radius 1 is 1.29 bits per heavy atom. The van der Waals surface area contributed by atoms with Crippen LogP contribution in [0, 0.1) is 17.3 Å². The van der Waals surface area contributed by atoms with Gasteiger partial charge in [0.15, 0.2) is 0 Å². The third-order valence-electron chi connectivity index (χ3n) is 2.79. The molecule has 0 aromatic carbocycles. The van der Waals surface area contributed by atoms with Crippen LogP contribution < -0.4 is 5.32 Å². The average Bonchev–Trinajstić information content (AvgIpc) is 2.20. The first-order chi connectivity index (χ1) is 7.67. The average molecular weight is 243 g/mol. The van der Waals surface area contributed by atoms with E-state index in [1.165, 1.54) is 0 Å². The van der Waals surface area contributed by atoms with Gasteiger partial charge in [-0.05, 0) is 18.3 Å². The lowest BCUT2D eigenvalue weighted by Gasteiger charge is -2.23. The first-order valence-corrected chi connectivity index (χ1v) is 6.18. The molecule has 0 spiro atoms. The van der Waals surface area contributed by atoms with Crippen molar-refractivity contribution in [1.29, 1.82) is 0 Å². The zero-order chi connectivity index (χ0) is 13.6. The number of carboxylic acid groups (broad SMARTS) is 1. The summed E-state index contributed by atoms with van der Waals surface area (Å²) in [6, 6.07) is 0. The third kappa shape index (κ3) is 6.97. The molecule has 0 bridgehead atoms. The van der Waals surface area contributed by atoms with Gasteiger partial charge in [0, 0.05) is 12.5 Å². The Kier molecular flexibility index (Phi) is 6.21. The van der Waals surface area contributed by atoms with Crippen LogP contribution in [0.1, 0.15) is 47.5 Å². The van der Waals surface area contributed by atoms with Gasteiger partial charge in [0.2, 0.25) is 5.91 Å². The van der Waals surface area contributed by atoms with Crippen molar-refractivity contribution in [3.63, 3.8) is 0 Å². The fourth-order valence-corrected chi connectivity index (χ4v) is 1.57. The maximum Gasteiger partial charge on any atom is 0.308 e. The van der Waals surface area contributed by atoms with Gasteiger partial charge in [-0.3, -0.25) is 9.59 Å². The number of amides is 1. The van der Waals surface area contributed by atoms with Gasteiger partial charge in [0.25, 0.3) is 0 Å². The van der Waals surface area contributed by atoms with Crippen LogP contribution in [-0.2, 0) is 9.59 Å². The van der Waals surface area contributed by atoms with Crippen molar-refractivity contribution < 1.29 is 14.7 Å². The van der Waals surface area contributed by atoms with Crippen molar-refractivity contribution in [2.24, 2.45) is 17.3 Å². The van der Waals surface area contributed by atoms with Crippen molar-refractivity contribution in [2.45, 2.75) is 47.5 Å². The highest BCUT2D eigenvalue weighted by atomic mass is 16.4. The molecule has 2 N–H and O–H groups in total. The van der Waals surface area contributed by atoms with Gasteiger partial charge in [0.1, 0.15) is 0 Å². The van der Waals surface area contributed by atoms with Gasteiger partial charge in [-0.25, -0.2) is 0 Å². The minimum atomic E-state index is -0.843. The Morgan fingerprint density at radius 2 is 1.82 bits per heavy atom. The van der Waals surface area contributed by atoms with Crippen LogP contribution in [0.25, 0.3) is 0 Å². The van der Waals surface area contributed by atoms with Crippen LogP contribution in [0.4, 0.5) is 0 Å². The molecule has 0 fully saturated rings. The van der Waals surface area contributed by atoms with E-state index in [1.54, 1.807) is 0 Å². The quantitative estimate of drug-likeness (QED) is 0.752. The van der Waals surface area contributed by atoms with Crippen molar-refractivity contribution in [3.8, 4) is 0 Å². The van der Waals surface area contributed by atoms with Gasteiger partial charge in [0.05, 0.1) is 5.92 Å². The smallest absolute Gasteiger partial charge is 0.308 e. The predicted molar refractivity (Wildman–Crippen MR) is 67.7 cm³/mol. The molecular weight excluding hydrogens is 218 g/mol. The molecule has 2 unspecified atom stereocenters. The minimum Gasteiger partial charge on any atom is -0.481 e. The normalized spacial score (nSPS) is 15.1. The lowest BCUT2D eigenvalue weighted by molar-refractivity contribution is -0.142. The van der Waals surface area contributed by atoms with Crippen molar-refractivity contribution in [3.05, 3.63) is 0 Å². The number of rotatable bonds is 6. The number of hydrogen-bond acceptors (Lipinski definition) is 2. The molecule has 0 aromatic heterocycles. The lowest BCUT2D eigenvalue weighted by atomic mass is 9.84. The van der Waals surface area contributed by atoms with Crippen LogP contribution in [0.5, 0.6) is 0 Å². The summed E-state index contributed by atoms with van der Waals surface area (Å²) in [4.78, 5) is 22.6. The summed E-state index contributed by atoms with van der Waals surface area (Å²) >= 11 is 0. The van der Waals surface area contributed by atoms with E-state index in [1.807, 2.05) is 34.6 Å². The molecule has 0 radical (unpaired) electrons. The molecule has 2 atom stereocenters. The Labute approximate surface area is 104 Å². The molecule has 0 aromatic rings. The molecule has 4 heteroatoms. The molecule has 1 amide bonds. The summed E-state index contributed by atoms with van der Waals surface area (Å²) in [6.45, 7) is 10.00. The molecule has 0 aliphatic heterocycles. The van der Waals surface area contributed by atoms with Crippen LogP contribution in [0.3, 0.4) is 0 Å². The monoisotopic (exact) mass is 243 g/mol. The number of nitrogens with one attached hydrogen (secondary N) is 1. The predicted octanol–water partition coefficient (Wildman–Crippen LogP) is 2.29. The van der Waals surface area contributed by atoms with Crippen LogP contribution in [0.15, 0.2) is 0 Å². The van der Waals surface area contributed by atoms with Gasteiger partial charge < -0.3 is 10.4 Å². The van der Waals surface area contributed by atoms with E-state index < -0.39 is 11.9 Å². The highest BCUT2D eigenvalue weighted by Gasteiger charge is 2.25. The number of carbonyl (C=O) groups is 2. The fourth-order valence-electron chi connectivity index (χ4n) is 1.57. The summed E-state index contributed by atoms with van der Waals surface area (Å²) in [5.41, 5.74) is -0.0514. The molecule has 100 valence electrons. The van der Waals surface area contributed by atoms with E-state index in [4.69, 9.17) is 5.11 Å². The Hall–Kier alpha value is -1.06. The molecule has 0 saturated carbocycles. The van der Waals surface area contributed by atoms with Crippen LogP contribution in [-0.4, -0.2) is 23.5 Å². The van der Waals surface area contributed by atoms with Crippen molar-refractivity contribution in [2.75, 3.05) is 6.54 Å². The summed E-state index contributed by atoms with van der Waals surface area (Å²) in [5, 5.41) is 11.8. The van der Waals surface area contributed by atoms with Gasteiger partial charge in [-0.1, -0.05) is 34.6 Å². The highest BCUT2D eigenvalue weighted by molar-refractivity contribution is 5.79. The molecule has 0 rings (SSSR count). The van der Waals surface area contributed by atoms with E-state index >= 15 is 0 Å². The number of hydrogen-bond donors (Lipinski definition) is 2. The third-order valence-corrected chi connectivity index (χ3v) is 2.79. The standard InChI is InChI=1S/C13H25NO3/c1-6-9(2)11(15)14-8-10(12(16)17)7-13(3,4)5/h9-10H,6-8H2,1-5H3,(H,14,15)(H,16,17). The van der Waals surface area contributed by atoms with Gasteiger partial charge in [-0.15, -0.1) is 0 Å². The molecule has 0 aliphatic rings. The second kappa shape index (κ2) is 6.62. The Bertz CT molecular complexity index is 268. The first kappa shape index (κ1) is 15.9. The summed E-state index contributed by atoms with van der Waals surface area (Å²) in [5.74, 6) is -1.47. The van der Waals surface area contributed by atoms with Crippen LogP contribution >= 0.6 is 0 Å². The second-order valence-electron chi connectivity index (χ2n) is 5.85. The van der Waals surface area contributed by atoms with Gasteiger partial charge >= 0.3 is 5.97 Å². The van der Waals surface area contributed by atoms with E-state index in [9.17, 15) is 9.59 Å². The topological polar surface area (TPSA) is 66.4 Å². The van der Waals surface area contributed by atoms with Crippen molar-refractivity contribution in [1.82, 2.24) is 5.32 Å². The maximum absolute atomic E-state index is 11.6. The zero-order valence-electron chi connectivity index (χ0n) is 11.5. The van der Waals surface area contributed by atoms with Crippen molar-refractivity contribution >= 4 is 11.9 Å². The summed E-state index contributed by atoms with van der Waals surface area (Å²) < 4.78 is 0. The van der Waals surface area contributed by atoms with E-state index in [0.717, 1.165) is 6.42 Å². The molecule has 0 heterocycles. The largest absolute Gasteiger partial charge is 0.481 e. The molecule has 17 heavy (non-hydrogen) atoms. The number of carboxylic acids is 1. The van der Waals surface area contributed by atoms with E-state index in [0.29, 0.717) is 6.42 Å². The SMILES string of the molecule is CCC(C)C(=O)NCC(CC(C)(C)C)C(=O)O. The lowest BCUT2D eigenvalue weighted by Crippen LogP contribution is -2.37. The maximum atomic E-state index is 11.6. The Morgan fingerprint density at radius 3 is 2.18 bits per heavy atom. The molecular formula is C13H25NO3. The first-order valence-electron chi connectivity index (χ1n) is 6.18. The van der Waals surface area contributed by atoms with Gasteiger partial charge in [-0.2, -0.15) is 0 Å². The second-order valence-corrected chi connectivity index (χ2v) is 5.85. The molecule has 0 aliphatic carbocycles. The number of carbonyl (C=O) groups excluding carboxylic acids is 1. The summed E-state index contributed by atoms with van der Waals surface area (Å²) in [7, 11) is 0. The van der Waals surface area contributed by atoms with E-state index in [-0.39, 0.29) is 23.8 Å². The number of aliphatic carboxylic acids is 1. The van der Waals surface area contributed by atoms with Crippen LogP contribution in [0.2, 0.25) is 0 Å². The summed E-state index contributed by atoms with van der Waals surface area (Å²) in [6.07, 6.45) is 1.33. The Balaban J connectivity index is 4.29. The fraction of sp³-hybridized carbons (Fsp3) is 0.846.